The lowest BCUT2D eigenvalue weighted by Crippen LogP contribution is -2.24. The van der Waals surface area contributed by atoms with Gasteiger partial charge in [-0.2, -0.15) is 0 Å². The molecule has 0 fully saturated rings. The topological polar surface area (TPSA) is 66.8 Å². The minimum absolute atomic E-state index is 0.354. The Hall–Kier alpha value is -1.39. The van der Waals surface area contributed by atoms with Gasteiger partial charge >= 0.3 is 0 Å². The van der Waals surface area contributed by atoms with E-state index in [0.29, 0.717) is 11.3 Å². The normalized spacial score (nSPS) is 12.2. The maximum atomic E-state index is 11.3. The van der Waals surface area contributed by atoms with Gasteiger partial charge in [0.25, 0.3) is 0 Å². The van der Waals surface area contributed by atoms with Crippen molar-refractivity contribution in [1.29, 1.82) is 0 Å². The number of carbonyl (C=O) groups is 1. The minimum Gasteiger partial charge on any atom is -0.497 e. The fraction of sp³-hybridized carbons (Fsp3) is 0.300. The number of rotatable bonds is 4. The molecule has 1 atom stereocenters. The van der Waals surface area contributed by atoms with Crippen molar-refractivity contribution in [2.45, 2.75) is 6.10 Å². The average molecular weight is 196 g/mol. The van der Waals surface area contributed by atoms with Crippen LogP contribution in [0.1, 0.15) is 10.4 Å². The first-order valence-corrected chi connectivity index (χ1v) is 4.16. The SMILES string of the molecule is COc1ccc(C(=O)[C@@H](O)CO)cc1. The lowest BCUT2D eigenvalue weighted by molar-refractivity contribution is 0.0587. The molecule has 4 nitrogen and oxygen atoms in total. The summed E-state index contributed by atoms with van der Waals surface area (Å²) in [5.74, 6) is 0.148. The summed E-state index contributed by atoms with van der Waals surface area (Å²) in [5.41, 5.74) is 0.354. The Morgan fingerprint density at radius 2 is 2.00 bits per heavy atom. The highest BCUT2D eigenvalue weighted by molar-refractivity contribution is 5.99. The van der Waals surface area contributed by atoms with E-state index in [0.717, 1.165) is 0 Å². The zero-order chi connectivity index (χ0) is 10.6. The predicted octanol–water partition coefficient (Wildman–Crippen LogP) is 0.231. The van der Waals surface area contributed by atoms with Crippen LogP contribution in [0.3, 0.4) is 0 Å². The average Bonchev–Trinajstić information content (AvgIpc) is 2.27. The third-order valence-electron chi connectivity index (χ3n) is 1.85. The second kappa shape index (κ2) is 4.74. The van der Waals surface area contributed by atoms with Gasteiger partial charge < -0.3 is 14.9 Å². The highest BCUT2D eigenvalue weighted by atomic mass is 16.5. The van der Waals surface area contributed by atoms with E-state index in [1.807, 2.05) is 0 Å². The Labute approximate surface area is 81.8 Å². The molecule has 14 heavy (non-hydrogen) atoms. The van der Waals surface area contributed by atoms with Crippen molar-refractivity contribution < 1.29 is 19.7 Å². The number of aliphatic hydroxyl groups excluding tert-OH is 2. The highest BCUT2D eigenvalue weighted by Gasteiger charge is 2.15. The van der Waals surface area contributed by atoms with Crippen LogP contribution in [0, 0.1) is 0 Å². The summed E-state index contributed by atoms with van der Waals surface area (Å²) in [6, 6.07) is 6.33. The van der Waals surface area contributed by atoms with Crippen molar-refractivity contribution in [2.75, 3.05) is 13.7 Å². The monoisotopic (exact) mass is 196 g/mol. The van der Waals surface area contributed by atoms with Crippen LogP contribution in [0.15, 0.2) is 24.3 Å². The Balaban J connectivity index is 2.81. The molecule has 0 aliphatic heterocycles. The molecule has 1 rings (SSSR count). The first-order valence-electron chi connectivity index (χ1n) is 4.16. The number of hydrogen-bond donors (Lipinski definition) is 2. The quantitative estimate of drug-likeness (QED) is 0.676. The maximum Gasteiger partial charge on any atom is 0.193 e. The Morgan fingerprint density at radius 1 is 1.43 bits per heavy atom. The van der Waals surface area contributed by atoms with Gasteiger partial charge in [-0.15, -0.1) is 0 Å². The lowest BCUT2D eigenvalue weighted by atomic mass is 10.1. The fourth-order valence-corrected chi connectivity index (χ4v) is 1.03. The van der Waals surface area contributed by atoms with E-state index in [-0.39, 0.29) is 0 Å². The van der Waals surface area contributed by atoms with Crippen LogP contribution in [0.4, 0.5) is 0 Å². The minimum atomic E-state index is -1.34. The molecule has 0 amide bonds. The first kappa shape index (κ1) is 10.7. The molecule has 1 aromatic carbocycles. The summed E-state index contributed by atoms with van der Waals surface area (Å²) in [4.78, 5) is 11.3. The van der Waals surface area contributed by atoms with Gasteiger partial charge in [-0.05, 0) is 24.3 Å². The Morgan fingerprint density at radius 3 is 2.43 bits per heavy atom. The van der Waals surface area contributed by atoms with Crippen LogP contribution in [0.25, 0.3) is 0 Å². The van der Waals surface area contributed by atoms with Crippen molar-refractivity contribution in [1.82, 2.24) is 0 Å². The van der Waals surface area contributed by atoms with Gasteiger partial charge in [-0.1, -0.05) is 0 Å². The predicted molar refractivity (Wildman–Crippen MR) is 50.4 cm³/mol. The van der Waals surface area contributed by atoms with E-state index in [9.17, 15) is 4.79 Å². The number of benzene rings is 1. The number of methoxy groups -OCH3 is 1. The number of ether oxygens (including phenoxy) is 1. The molecule has 0 aliphatic rings. The van der Waals surface area contributed by atoms with Gasteiger partial charge in [0.1, 0.15) is 11.9 Å². The van der Waals surface area contributed by atoms with Gasteiger partial charge in [0.05, 0.1) is 13.7 Å². The van der Waals surface area contributed by atoms with Crippen LogP contribution in [0.5, 0.6) is 5.75 Å². The number of hydrogen-bond acceptors (Lipinski definition) is 4. The molecule has 0 spiro atoms. The summed E-state index contributed by atoms with van der Waals surface area (Å²) < 4.78 is 4.91. The van der Waals surface area contributed by atoms with Gasteiger partial charge in [-0.3, -0.25) is 4.79 Å². The third-order valence-corrected chi connectivity index (χ3v) is 1.85. The second-order valence-electron chi connectivity index (χ2n) is 2.79. The van der Waals surface area contributed by atoms with Crippen LogP contribution < -0.4 is 4.74 Å². The molecule has 76 valence electrons. The van der Waals surface area contributed by atoms with E-state index in [4.69, 9.17) is 14.9 Å². The molecule has 0 unspecified atom stereocenters. The van der Waals surface area contributed by atoms with Crippen molar-refractivity contribution in [3.8, 4) is 5.75 Å². The number of ketones is 1. The van der Waals surface area contributed by atoms with Gasteiger partial charge in [0.2, 0.25) is 0 Å². The number of Topliss-reactive ketones (excluding diaryl/α,β-unsaturated/α-hetero) is 1. The zero-order valence-electron chi connectivity index (χ0n) is 7.80. The Bertz CT molecular complexity index is 304. The molecule has 0 saturated heterocycles. The van der Waals surface area contributed by atoms with Crippen LogP contribution in [0.2, 0.25) is 0 Å². The molecule has 0 saturated carbocycles. The van der Waals surface area contributed by atoms with Crippen molar-refractivity contribution in [3.05, 3.63) is 29.8 Å². The van der Waals surface area contributed by atoms with E-state index >= 15 is 0 Å². The van der Waals surface area contributed by atoms with Gasteiger partial charge in [-0.25, -0.2) is 0 Å². The maximum absolute atomic E-state index is 11.3. The second-order valence-corrected chi connectivity index (χ2v) is 2.79. The molecule has 0 radical (unpaired) electrons. The number of aliphatic hydroxyl groups is 2. The summed E-state index contributed by atoms with van der Waals surface area (Å²) in [5, 5.41) is 17.6. The van der Waals surface area contributed by atoms with Crippen LogP contribution in [-0.2, 0) is 0 Å². The lowest BCUT2D eigenvalue weighted by Gasteiger charge is -2.06. The third kappa shape index (κ3) is 2.31. The van der Waals surface area contributed by atoms with Crippen molar-refractivity contribution >= 4 is 5.78 Å². The Kier molecular flexibility index (Phi) is 3.62. The smallest absolute Gasteiger partial charge is 0.193 e. The molecule has 2 N–H and O–H groups in total. The highest BCUT2D eigenvalue weighted by Crippen LogP contribution is 2.12. The molecule has 1 aromatic rings. The molecular weight excluding hydrogens is 184 g/mol. The van der Waals surface area contributed by atoms with Crippen molar-refractivity contribution in [3.63, 3.8) is 0 Å². The summed E-state index contributed by atoms with van der Waals surface area (Å²) in [6.07, 6.45) is -1.34. The van der Waals surface area contributed by atoms with E-state index in [2.05, 4.69) is 0 Å². The molecular formula is C10H12O4. The molecule has 0 aliphatic carbocycles. The van der Waals surface area contributed by atoms with E-state index < -0.39 is 18.5 Å². The molecule has 4 heteroatoms. The standard InChI is InChI=1S/C10H12O4/c1-14-8-4-2-7(3-5-8)10(13)9(12)6-11/h2-5,9,11-12H,6H2,1H3/t9-/m0/s1. The molecule has 0 heterocycles. The number of carbonyl (C=O) groups excluding carboxylic acids is 1. The van der Waals surface area contributed by atoms with Crippen LogP contribution >= 0.6 is 0 Å². The van der Waals surface area contributed by atoms with Gasteiger partial charge in [0.15, 0.2) is 5.78 Å². The van der Waals surface area contributed by atoms with E-state index in [1.165, 1.54) is 7.11 Å². The van der Waals surface area contributed by atoms with Crippen LogP contribution in [-0.4, -0.2) is 35.8 Å². The zero-order valence-corrected chi connectivity index (χ0v) is 7.80. The molecule has 0 aromatic heterocycles. The summed E-state index contributed by atoms with van der Waals surface area (Å²) in [7, 11) is 1.53. The summed E-state index contributed by atoms with van der Waals surface area (Å²) in [6.45, 7) is -0.565. The van der Waals surface area contributed by atoms with Crippen molar-refractivity contribution in [2.24, 2.45) is 0 Å². The van der Waals surface area contributed by atoms with E-state index in [1.54, 1.807) is 24.3 Å². The first-order chi connectivity index (χ1) is 6.69. The largest absolute Gasteiger partial charge is 0.497 e. The fourth-order valence-electron chi connectivity index (χ4n) is 1.03. The van der Waals surface area contributed by atoms with Gasteiger partial charge in [0, 0.05) is 5.56 Å². The molecule has 0 bridgehead atoms. The summed E-state index contributed by atoms with van der Waals surface area (Å²) >= 11 is 0.